The van der Waals surface area contributed by atoms with Gasteiger partial charge in [0, 0.05) is 50.1 Å². The zero-order valence-corrected chi connectivity index (χ0v) is 21.7. The molecule has 2 aromatic carbocycles. The van der Waals surface area contributed by atoms with Crippen LogP contribution < -0.4 is 0 Å². The van der Waals surface area contributed by atoms with Gasteiger partial charge in [0.2, 0.25) is 0 Å². The van der Waals surface area contributed by atoms with E-state index in [1.54, 1.807) is 0 Å². The molecule has 3 aliphatic rings. The minimum atomic E-state index is 0.344. The van der Waals surface area contributed by atoms with Crippen molar-refractivity contribution in [3.8, 4) is 0 Å². The maximum atomic E-state index is 5.35. The zero-order valence-electron chi connectivity index (χ0n) is 20.9. The van der Waals surface area contributed by atoms with Crippen LogP contribution in [0.2, 0.25) is 0 Å². The highest BCUT2D eigenvalue weighted by Gasteiger charge is 2.41. The SMILES string of the molecule is Cc1ccccc1C=C1CSCC2C1=NN(CCCN1CCN(C)CC1)C2c1ccccc1C. The van der Waals surface area contributed by atoms with Gasteiger partial charge in [0.15, 0.2) is 0 Å². The minimum absolute atomic E-state index is 0.344. The third-order valence-corrected chi connectivity index (χ3v) is 8.77. The summed E-state index contributed by atoms with van der Waals surface area (Å²) in [6.07, 6.45) is 3.57. The van der Waals surface area contributed by atoms with E-state index in [1.165, 1.54) is 72.7 Å². The molecule has 4 nitrogen and oxygen atoms in total. The number of fused-ring (bicyclic) bond motifs is 1. The Bertz CT molecular complexity index is 1050. The van der Waals surface area contributed by atoms with Gasteiger partial charge in [0.25, 0.3) is 0 Å². The number of likely N-dealkylation sites (N-methyl/N-ethyl adjacent to an activating group) is 1. The van der Waals surface area contributed by atoms with E-state index in [9.17, 15) is 0 Å². The molecule has 0 saturated carbocycles. The first-order valence-corrected chi connectivity index (χ1v) is 13.9. The summed E-state index contributed by atoms with van der Waals surface area (Å²) in [7, 11) is 2.23. The second kappa shape index (κ2) is 10.7. The van der Waals surface area contributed by atoms with Gasteiger partial charge in [0.1, 0.15) is 0 Å². The van der Waals surface area contributed by atoms with Crippen LogP contribution in [0.25, 0.3) is 6.08 Å². The van der Waals surface area contributed by atoms with Gasteiger partial charge < -0.3 is 9.80 Å². The number of aryl methyl sites for hydroxylation is 2. The van der Waals surface area contributed by atoms with E-state index < -0.39 is 0 Å². The first-order chi connectivity index (χ1) is 16.6. The van der Waals surface area contributed by atoms with Gasteiger partial charge in [-0.1, -0.05) is 48.5 Å². The number of piperazine rings is 1. The van der Waals surface area contributed by atoms with Crippen LogP contribution in [0.3, 0.4) is 0 Å². The molecule has 2 saturated heterocycles. The molecule has 34 heavy (non-hydrogen) atoms. The Morgan fingerprint density at radius 1 is 0.941 bits per heavy atom. The number of benzene rings is 2. The molecule has 2 fully saturated rings. The van der Waals surface area contributed by atoms with E-state index in [-0.39, 0.29) is 0 Å². The summed E-state index contributed by atoms with van der Waals surface area (Å²) >= 11 is 2.07. The fourth-order valence-electron chi connectivity index (χ4n) is 5.54. The molecule has 2 unspecified atom stereocenters. The summed E-state index contributed by atoms with van der Waals surface area (Å²) in [5, 5.41) is 7.79. The molecule has 3 aliphatic heterocycles. The third kappa shape index (κ3) is 5.12. The molecule has 0 aliphatic carbocycles. The maximum Gasteiger partial charge on any atom is 0.0814 e. The summed E-state index contributed by atoms with van der Waals surface area (Å²) in [6, 6.07) is 18.0. The van der Waals surface area contributed by atoms with Crippen LogP contribution in [-0.2, 0) is 0 Å². The average molecular weight is 475 g/mol. The minimum Gasteiger partial charge on any atom is -0.304 e. The van der Waals surface area contributed by atoms with Crippen LogP contribution in [0, 0.1) is 19.8 Å². The first-order valence-electron chi connectivity index (χ1n) is 12.8. The van der Waals surface area contributed by atoms with Crippen LogP contribution in [-0.4, -0.2) is 78.3 Å². The zero-order chi connectivity index (χ0) is 23.5. The highest BCUT2D eigenvalue weighted by molar-refractivity contribution is 7.99. The second-order valence-electron chi connectivity index (χ2n) is 10.1. The van der Waals surface area contributed by atoms with E-state index in [1.807, 2.05) is 0 Å². The lowest BCUT2D eigenvalue weighted by molar-refractivity contribution is 0.139. The molecule has 0 bridgehead atoms. The molecule has 5 heteroatoms. The maximum absolute atomic E-state index is 5.35. The van der Waals surface area contributed by atoms with Crippen LogP contribution in [0.1, 0.15) is 34.7 Å². The predicted molar refractivity (Wildman–Crippen MR) is 147 cm³/mol. The van der Waals surface area contributed by atoms with Crippen molar-refractivity contribution in [3.05, 3.63) is 76.4 Å². The summed E-state index contributed by atoms with van der Waals surface area (Å²) in [6.45, 7) is 11.4. The van der Waals surface area contributed by atoms with Crippen molar-refractivity contribution in [1.82, 2.24) is 14.8 Å². The fourth-order valence-corrected chi connectivity index (χ4v) is 6.70. The molecule has 180 valence electrons. The highest BCUT2D eigenvalue weighted by atomic mass is 32.2. The van der Waals surface area contributed by atoms with E-state index >= 15 is 0 Å². The van der Waals surface area contributed by atoms with Gasteiger partial charge in [-0.3, -0.25) is 5.01 Å². The molecule has 0 N–H and O–H groups in total. The Balaban J connectivity index is 1.39. The van der Waals surface area contributed by atoms with Gasteiger partial charge in [-0.2, -0.15) is 16.9 Å². The van der Waals surface area contributed by atoms with E-state index in [0.29, 0.717) is 12.0 Å². The molecule has 5 rings (SSSR count). The van der Waals surface area contributed by atoms with Crippen molar-refractivity contribution in [2.75, 3.05) is 57.8 Å². The number of hydrogen-bond donors (Lipinski definition) is 0. The lowest BCUT2D eigenvalue weighted by atomic mass is 9.86. The Kier molecular flexibility index (Phi) is 7.43. The number of hydrogen-bond acceptors (Lipinski definition) is 5. The van der Waals surface area contributed by atoms with Crippen LogP contribution in [0.5, 0.6) is 0 Å². The van der Waals surface area contributed by atoms with Crippen molar-refractivity contribution >= 4 is 23.5 Å². The topological polar surface area (TPSA) is 22.1 Å². The van der Waals surface area contributed by atoms with Crippen LogP contribution >= 0.6 is 11.8 Å². The molecular formula is C29H38N4S. The van der Waals surface area contributed by atoms with Gasteiger partial charge >= 0.3 is 0 Å². The quantitative estimate of drug-likeness (QED) is 0.581. The van der Waals surface area contributed by atoms with Crippen molar-refractivity contribution in [2.24, 2.45) is 11.0 Å². The van der Waals surface area contributed by atoms with Gasteiger partial charge in [0.05, 0.1) is 11.8 Å². The number of hydrazone groups is 1. The largest absolute Gasteiger partial charge is 0.304 e. The van der Waals surface area contributed by atoms with Gasteiger partial charge in [-0.15, -0.1) is 0 Å². The fraction of sp³-hybridized carbons (Fsp3) is 0.483. The Labute approximate surface area is 209 Å². The molecule has 0 spiro atoms. The van der Waals surface area contributed by atoms with Crippen LogP contribution in [0.15, 0.2) is 59.2 Å². The van der Waals surface area contributed by atoms with Crippen molar-refractivity contribution in [3.63, 3.8) is 0 Å². The van der Waals surface area contributed by atoms with Crippen LogP contribution in [0.4, 0.5) is 0 Å². The molecule has 0 aromatic heterocycles. The normalized spacial score (nSPS) is 25.0. The number of rotatable bonds is 6. The van der Waals surface area contributed by atoms with Crippen molar-refractivity contribution < 1.29 is 0 Å². The molecule has 2 atom stereocenters. The van der Waals surface area contributed by atoms with Crippen molar-refractivity contribution in [1.29, 1.82) is 0 Å². The standard InChI is InChI=1S/C29H38N4S/c1-22-9-4-6-11-24(22)19-25-20-34-21-27-28(25)30-33(29(27)26-12-7-5-10-23(26)2)14-8-13-32-17-15-31(3)16-18-32/h4-7,9-12,19,27,29H,8,13-18,20-21H2,1-3H3. The molecule has 2 aromatic rings. The monoisotopic (exact) mass is 474 g/mol. The number of thioether (sulfide) groups is 1. The predicted octanol–water partition coefficient (Wildman–Crippen LogP) is 5.10. The second-order valence-corrected chi connectivity index (χ2v) is 11.1. The molecular weight excluding hydrogens is 436 g/mol. The highest BCUT2D eigenvalue weighted by Crippen LogP contribution is 2.44. The molecule has 3 heterocycles. The first kappa shape index (κ1) is 23.7. The lowest BCUT2D eigenvalue weighted by Crippen LogP contribution is -2.45. The third-order valence-electron chi connectivity index (χ3n) is 7.66. The van der Waals surface area contributed by atoms with Gasteiger partial charge in [-0.05, 0) is 67.8 Å². The average Bonchev–Trinajstić information content (AvgIpc) is 3.21. The molecule has 0 radical (unpaired) electrons. The van der Waals surface area contributed by atoms with E-state index in [2.05, 4.69) is 102 Å². The molecule has 0 amide bonds. The van der Waals surface area contributed by atoms with Crippen molar-refractivity contribution in [2.45, 2.75) is 26.3 Å². The summed E-state index contributed by atoms with van der Waals surface area (Å²) in [5.74, 6) is 2.66. The lowest BCUT2D eigenvalue weighted by Gasteiger charge is -2.34. The summed E-state index contributed by atoms with van der Waals surface area (Å²) in [4.78, 5) is 5.06. The van der Waals surface area contributed by atoms with Gasteiger partial charge in [-0.25, -0.2) is 0 Å². The van der Waals surface area contributed by atoms with E-state index in [4.69, 9.17) is 5.10 Å². The number of nitrogens with zero attached hydrogens (tertiary/aromatic N) is 4. The Hall–Kier alpha value is -2.08. The Morgan fingerprint density at radius 3 is 2.44 bits per heavy atom. The smallest absolute Gasteiger partial charge is 0.0814 e. The summed E-state index contributed by atoms with van der Waals surface area (Å²) < 4.78 is 0. The summed E-state index contributed by atoms with van der Waals surface area (Å²) in [5.41, 5.74) is 8.23. The van der Waals surface area contributed by atoms with E-state index in [0.717, 1.165) is 18.1 Å². The Morgan fingerprint density at radius 2 is 1.68 bits per heavy atom.